The molecule has 0 amide bonds. The summed E-state index contributed by atoms with van der Waals surface area (Å²) in [7, 11) is 0. The molecule has 1 aliphatic rings. The minimum absolute atomic E-state index is 1.11. The van der Waals surface area contributed by atoms with Gasteiger partial charge in [-0.2, -0.15) is 0 Å². The minimum atomic E-state index is 1.11. The molecule has 1 aliphatic carbocycles. The van der Waals surface area contributed by atoms with Crippen LogP contribution in [-0.2, 0) is 0 Å². The maximum absolute atomic E-state index is 2.54. The molecule has 2 atom stereocenters. The number of alkyl halides is 1. The number of halogens is 1. The first-order valence-corrected chi connectivity index (χ1v) is 8.47. The van der Waals surface area contributed by atoms with Crippen LogP contribution in [-0.4, -0.2) is 4.43 Å². The van der Waals surface area contributed by atoms with E-state index in [9.17, 15) is 0 Å². The number of unbranched alkanes of at least 4 members (excludes halogenated alkanes) is 7. The monoisotopic (exact) mass is 322 g/mol. The second-order valence-corrected chi connectivity index (χ2v) is 6.05. The van der Waals surface area contributed by atoms with E-state index in [1.54, 1.807) is 6.42 Å². The quantitative estimate of drug-likeness (QED) is 0.279. The summed E-state index contributed by atoms with van der Waals surface area (Å²) in [5.41, 5.74) is 0. The topological polar surface area (TPSA) is 0 Å². The molecule has 0 bridgehead atoms. The van der Waals surface area contributed by atoms with Gasteiger partial charge in [0.25, 0.3) is 0 Å². The van der Waals surface area contributed by atoms with E-state index >= 15 is 0 Å². The third-order valence-corrected chi connectivity index (χ3v) is 4.83. The summed E-state index contributed by atoms with van der Waals surface area (Å²) in [6.07, 6.45) is 14.8. The van der Waals surface area contributed by atoms with Crippen molar-refractivity contribution in [3.63, 3.8) is 0 Å². The minimum Gasteiger partial charge on any atom is -0.0861 e. The predicted molar refractivity (Wildman–Crippen MR) is 77.7 cm³/mol. The zero-order chi connectivity index (χ0) is 10.9. The van der Waals surface area contributed by atoms with E-state index in [-0.39, 0.29) is 0 Å². The number of hydrogen-bond acceptors (Lipinski definition) is 0. The van der Waals surface area contributed by atoms with Crippen molar-refractivity contribution in [2.45, 2.75) is 71.1 Å². The highest BCUT2D eigenvalue weighted by atomic mass is 127. The molecule has 0 spiro atoms. The Morgan fingerprint density at radius 1 is 0.867 bits per heavy atom. The first-order chi connectivity index (χ1) is 7.38. The Morgan fingerprint density at radius 3 is 2.00 bits per heavy atom. The van der Waals surface area contributed by atoms with Crippen LogP contribution in [0.5, 0.6) is 0 Å². The van der Waals surface area contributed by atoms with Gasteiger partial charge in [0, 0.05) is 4.43 Å². The van der Waals surface area contributed by atoms with Crippen LogP contribution >= 0.6 is 22.6 Å². The molecule has 1 rings (SSSR count). The summed E-state index contributed by atoms with van der Waals surface area (Å²) >= 11 is 2.54. The van der Waals surface area contributed by atoms with Crippen LogP contribution in [0.1, 0.15) is 71.1 Å². The number of hydrogen-bond donors (Lipinski definition) is 0. The number of rotatable bonds is 10. The summed E-state index contributed by atoms with van der Waals surface area (Å²) in [6, 6.07) is 0. The Labute approximate surface area is 110 Å². The van der Waals surface area contributed by atoms with Crippen molar-refractivity contribution in [3.8, 4) is 0 Å². The molecule has 0 unspecified atom stereocenters. The van der Waals surface area contributed by atoms with Crippen molar-refractivity contribution in [2.24, 2.45) is 11.8 Å². The van der Waals surface area contributed by atoms with Crippen molar-refractivity contribution in [2.75, 3.05) is 4.43 Å². The van der Waals surface area contributed by atoms with Crippen LogP contribution in [0.2, 0.25) is 0 Å². The second-order valence-electron chi connectivity index (χ2n) is 5.17. The van der Waals surface area contributed by atoms with Gasteiger partial charge in [0.2, 0.25) is 0 Å². The molecular formula is C14H27I. The van der Waals surface area contributed by atoms with Crippen molar-refractivity contribution >= 4 is 22.6 Å². The van der Waals surface area contributed by atoms with Gasteiger partial charge in [-0.1, -0.05) is 87.3 Å². The van der Waals surface area contributed by atoms with Gasteiger partial charge in [0.05, 0.1) is 0 Å². The fourth-order valence-corrected chi connectivity index (χ4v) is 3.47. The van der Waals surface area contributed by atoms with Crippen molar-refractivity contribution in [1.82, 2.24) is 0 Å². The predicted octanol–water partition coefficient (Wildman–Crippen LogP) is 5.59. The lowest BCUT2D eigenvalue weighted by atomic mass is 10.1. The molecule has 0 nitrogen and oxygen atoms in total. The smallest absolute Gasteiger partial charge is 0.00264 e. The lowest BCUT2D eigenvalue weighted by Crippen LogP contribution is -1.85. The molecule has 1 heteroatoms. The molecule has 1 saturated carbocycles. The molecule has 0 saturated heterocycles. The average molecular weight is 322 g/mol. The van der Waals surface area contributed by atoms with Gasteiger partial charge in [-0.3, -0.25) is 0 Å². The van der Waals surface area contributed by atoms with Gasteiger partial charge in [0.1, 0.15) is 0 Å². The Kier molecular flexibility index (Phi) is 8.12. The van der Waals surface area contributed by atoms with E-state index in [2.05, 4.69) is 29.5 Å². The standard InChI is InChI=1S/C14H27I/c1-2-3-4-5-6-7-8-9-10-13-11-14(13)12-15/h13-14H,2-12H2,1H3/t13-,14-/m0/s1. The van der Waals surface area contributed by atoms with Crippen LogP contribution in [0.15, 0.2) is 0 Å². The lowest BCUT2D eigenvalue weighted by Gasteiger charge is -2.01. The average Bonchev–Trinajstić information content (AvgIpc) is 3.01. The molecule has 90 valence electrons. The van der Waals surface area contributed by atoms with E-state index in [4.69, 9.17) is 0 Å². The lowest BCUT2D eigenvalue weighted by molar-refractivity contribution is 0.543. The zero-order valence-electron chi connectivity index (χ0n) is 10.3. The Hall–Kier alpha value is 0.730. The summed E-state index contributed by atoms with van der Waals surface area (Å²) in [5.74, 6) is 2.23. The normalized spacial score (nSPS) is 24.4. The molecule has 0 radical (unpaired) electrons. The highest BCUT2D eigenvalue weighted by molar-refractivity contribution is 14.1. The van der Waals surface area contributed by atoms with Gasteiger partial charge >= 0.3 is 0 Å². The van der Waals surface area contributed by atoms with Crippen molar-refractivity contribution < 1.29 is 0 Å². The molecule has 0 N–H and O–H groups in total. The van der Waals surface area contributed by atoms with E-state index < -0.39 is 0 Å². The van der Waals surface area contributed by atoms with Crippen molar-refractivity contribution in [1.29, 1.82) is 0 Å². The summed E-state index contributed by atoms with van der Waals surface area (Å²) in [5, 5.41) is 0. The van der Waals surface area contributed by atoms with Gasteiger partial charge < -0.3 is 0 Å². The first kappa shape index (κ1) is 13.8. The molecule has 1 fully saturated rings. The fraction of sp³-hybridized carbons (Fsp3) is 1.00. The molecular weight excluding hydrogens is 295 g/mol. The third kappa shape index (κ3) is 6.80. The summed E-state index contributed by atoms with van der Waals surface area (Å²) < 4.78 is 1.40. The molecule has 0 aromatic rings. The molecule has 0 heterocycles. The maximum atomic E-state index is 2.54. The Bertz CT molecular complexity index is 144. The molecule has 0 aliphatic heterocycles. The van der Waals surface area contributed by atoms with Gasteiger partial charge in [0.15, 0.2) is 0 Å². The van der Waals surface area contributed by atoms with Crippen LogP contribution in [0.25, 0.3) is 0 Å². The summed E-state index contributed by atoms with van der Waals surface area (Å²) in [4.78, 5) is 0. The zero-order valence-corrected chi connectivity index (χ0v) is 12.5. The Balaban J connectivity index is 1.71. The molecule has 0 aromatic carbocycles. The molecule has 15 heavy (non-hydrogen) atoms. The second kappa shape index (κ2) is 8.83. The highest BCUT2D eigenvalue weighted by Gasteiger charge is 2.34. The first-order valence-electron chi connectivity index (χ1n) is 6.94. The van der Waals surface area contributed by atoms with Crippen LogP contribution in [0, 0.1) is 11.8 Å². The Morgan fingerprint density at radius 2 is 1.47 bits per heavy atom. The summed E-state index contributed by atoms with van der Waals surface area (Å²) in [6.45, 7) is 2.29. The van der Waals surface area contributed by atoms with Crippen LogP contribution in [0.4, 0.5) is 0 Å². The van der Waals surface area contributed by atoms with Gasteiger partial charge in [-0.25, -0.2) is 0 Å². The van der Waals surface area contributed by atoms with Crippen LogP contribution < -0.4 is 0 Å². The highest BCUT2D eigenvalue weighted by Crippen LogP contribution is 2.43. The van der Waals surface area contributed by atoms with Crippen molar-refractivity contribution in [3.05, 3.63) is 0 Å². The van der Waals surface area contributed by atoms with Gasteiger partial charge in [-0.15, -0.1) is 0 Å². The fourth-order valence-electron chi connectivity index (χ4n) is 2.39. The van der Waals surface area contributed by atoms with E-state index in [0.717, 1.165) is 11.8 Å². The largest absolute Gasteiger partial charge is 0.0861 e. The molecule has 0 aromatic heterocycles. The van der Waals surface area contributed by atoms with E-state index in [0.29, 0.717) is 0 Å². The van der Waals surface area contributed by atoms with Crippen LogP contribution in [0.3, 0.4) is 0 Å². The third-order valence-electron chi connectivity index (χ3n) is 3.70. The van der Waals surface area contributed by atoms with E-state index in [1.807, 2.05) is 0 Å². The van der Waals surface area contributed by atoms with E-state index in [1.165, 1.54) is 62.2 Å². The SMILES string of the molecule is CCCCCCCCCC[C@H]1C[C@H]1CI. The van der Waals surface area contributed by atoms with Gasteiger partial charge in [-0.05, 0) is 18.3 Å². The maximum Gasteiger partial charge on any atom is 0.00264 e.